The highest BCUT2D eigenvalue weighted by Gasteiger charge is 2.23. The van der Waals surface area contributed by atoms with Gasteiger partial charge >= 0.3 is 6.09 Å². The molecule has 0 aliphatic carbocycles. The van der Waals surface area contributed by atoms with Gasteiger partial charge in [-0.05, 0) is 20.8 Å². The van der Waals surface area contributed by atoms with Crippen molar-refractivity contribution in [2.24, 2.45) is 0 Å². The average Bonchev–Trinajstić information content (AvgIpc) is 2.14. The average molecular weight is 219 g/mol. The predicted octanol–water partition coefficient (Wildman–Crippen LogP) is 0.862. The van der Waals surface area contributed by atoms with Crippen LogP contribution in [0.2, 0.25) is 0 Å². The summed E-state index contributed by atoms with van der Waals surface area (Å²) in [5.74, 6) is 0. The van der Waals surface area contributed by atoms with Gasteiger partial charge in [0.15, 0.2) is 0 Å². The molecule has 1 amide bonds. The monoisotopic (exact) mass is 219 g/mol. The second kappa shape index (κ2) is 6.63. The minimum atomic E-state index is -0.366. The molecule has 0 saturated heterocycles. The van der Waals surface area contributed by atoms with E-state index in [1.165, 1.54) is 4.90 Å². The Balaban J connectivity index is 3.66. The second-order valence-corrected chi connectivity index (χ2v) is 4.18. The quantitative estimate of drug-likeness (QED) is 0.697. The second-order valence-electron chi connectivity index (χ2n) is 4.18. The van der Waals surface area contributed by atoms with Gasteiger partial charge in [-0.25, -0.2) is 4.79 Å². The molecule has 0 fully saturated rings. The molecule has 0 aromatic heterocycles. The SMILES string of the molecule is CN(C(=O)OCCOCCO)C(C)(C)C. The Bertz CT molecular complexity index is 188. The largest absolute Gasteiger partial charge is 0.447 e. The van der Waals surface area contributed by atoms with Gasteiger partial charge in [-0.15, -0.1) is 0 Å². The maximum Gasteiger partial charge on any atom is 0.410 e. The number of carbonyl (C=O) groups is 1. The smallest absolute Gasteiger partial charge is 0.410 e. The first kappa shape index (κ1) is 14.2. The van der Waals surface area contributed by atoms with Gasteiger partial charge in [0, 0.05) is 12.6 Å². The van der Waals surface area contributed by atoms with Crippen LogP contribution >= 0.6 is 0 Å². The lowest BCUT2D eigenvalue weighted by Gasteiger charge is -2.30. The molecule has 0 aromatic carbocycles. The number of hydrogen-bond acceptors (Lipinski definition) is 4. The minimum absolute atomic E-state index is 0.0180. The summed E-state index contributed by atoms with van der Waals surface area (Å²) in [7, 11) is 1.69. The van der Waals surface area contributed by atoms with E-state index >= 15 is 0 Å². The van der Waals surface area contributed by atoms with E-state index in [0.717, 1.165) is 0 Å². The molecule has 0 aliphatic rings. The van der Waals surface area contributed by atoms with Gasteiger partial charge < -0.3 is 19.5 Å². The van der Waals surface area contributed by atoms with Crippen LogP contribution in [0.5, 0.6) is 0 Å². The molecule has 0 saturated carbocycles. The van der Waals surface area contributed by atoms with E-state index in [2.05, 4.69) is 0 Å². The molecular formula is C10H21NO4. The van der Waals surface area contributed by atoms with Crippen LogP contribution in [-0.4, -0.2) is 55.1 Å². The molecule has 0 bridgehead atoms. The van der Waals surface area contributed by atoms with Gasteiger partial charge in [-0.3, -0.25) is 0 Å². The number of hydrogen-bond donors (Lipinski definition) is 1. The highest BCUT2D eigenvalue weighted by Crippen LogP contribution is 2.11. The van der Waals surface area contributed by atoms with Gasteiger partial charge in [-0.1, -0.05) is 0 Å². The molecule has 1 N–H and O–H groups in total. The summed E-state index contributed by atoms with van der Waals surface area (Å²) >= 11 is 0. The zero-order valence-electron chi connectivity index (χ0n) is 9.95. The highest BCUT2D eigenvalue weighted by atomic mass is 16.6. The maximum absolute atomic E-state index is 11.4. The highest BCUT2D eigenvalue weighted by molar-refractivity contribution is 5.68. The lowest BCUT2D eigenvalue weighted by Crippen LogP contribution is -2.43. The van der Waals surface area contributed by atoms with Gasteiger partial charge in [0.05, 0.1) is 19.8 Å². The van der Waals surface area contributed by atoms with E-state index in [1.807, 2.05) is 20.8 Å². The molecule has 0 unspecified atom stereocenters. The lowest BCUT2D eigenvalue weighted by molar-refractivity contribution is 0.0347. The summed E-state index contributed by atoms with van der Waals surface area (Å²) < 4.78 is 9.91. The van der Waals surface area contributed by atoms with E-state index in [0.29, 0.717) is 6.61 Å². The van der Waals surface area contributed by atoms with Gasteiger partial charge in [-0.2, -0.15) is 0 Å². The van der Waals surface area contributed by atoms with Crippen LogP contribution in [-0.2, 0) is 9.47 Å². The number of rotatable bonds is 5. The van der Waals surface area contributed by atoms with Gasteiger partial charge in [0.1, 0.15) is 6.61 Å². The van der Waals surface area contributed by atoms with Crippen LogP contribution in [0.4, 0.5) is 4.79 Å². The molecule has 0 aromatic rings. The summed E-state index contributed by atoms with van der Waals surface area (Å²) in [6.45, 7) is 6.55. The Kier molecular flexibility index (Phi) is 6.27. The predicted molar refractivity (Wildman–Crippen MR) is 56.8 cm³/mol. The zero-order valence-corrected chi connectivity index (χ0v) is 9.95. The van der Waals surface area contributed by atoms with E-state index in [9.17, 15) is 4.79 Å². The van der Waals surface area contributed by atoms with E-state index in [4.69, 9.17) is 14.6 Å². The van der Waals surface area contributed by atoms with Crippen molar-refractivity contribution in [3.63, 3.8) is 0 Å². The van der Waals surface area contributed by atoms with Crippen molar-refractivity contribution >= 4 is 6.09 Å². The standard InChI is InChI=1S/C10H21NO4/c1-10(2,3)11(4)9(13)15-8-7-14-6-5-12/h12H,5-8H2,1-4H3. The molecule has 0 atom stereocenters. The number of nitrogens with zero attached hydrogens (tertiary/aromatic N) is 1. The van der Waals surface area contributed by atoms with Crippen molar-refractivity contribution in [2.45, 2.75) is 26.3 Å². The summed E-state index contributed by atoms with van der Waals surface area (Å²) in [6, 6.07) is 0. The van der Waals surface area contributed by atoms with Gasteiger partial charge in [0.25, 0.3) is 0 Å². The molecule has 0 aliphatic heterocycles. The van der Waals surface area contributed by atoms with Crippen LogP contribution in [0.25, 0.3) is 0 Å². The maximum atomic E-state index is 11.4. The van der Waals surface area contributed by atoms with Crippen molar-refractivity contribution < 1.29 is 19.4 Å². The van der Waals surface area contributed by atoms with E-state index in [1.54, 1.807) is 7.05 Å². The normalized spacial score (nSPS) is 11.3. The molecule has 90 valence electrons. The molecule has 0 heterocycles. The Morgan fingerprint density at radius 2 is 1.87 bits per heavy atom. The number of aliphatic hydroxyl groups excluding tert-OH is 1. The van der Waals surface area contributed by atoms with Crippen LogP contribution in [0, 0.1) is 0 Å². The number of aliphatic hydroxyl groups is 1. The Morgan fingerprint density at radius 3 is 2.33 bits per heavy atom. The third-order valence-electron chi connectivity index (χ3n) is 1.97. The first-order valence-corrected chi connectivity index (χ1v) is 4.98. The third-order valence-corrected chi connectivity index (χ3v) is 1.97. The zero-order chi connectivity index (χ0) is 11.9. The molecule has 0 spiro atoms. The first-order valence-electron chi connectivity index (χ1n) is 4.98. The fourth-order valence-electron chi connectivity index (χ4n) is 0.725. The van der Waals surface area contributed by atoms with E-state index in [-0.39, 0.29) is 31.5 Å². The molecule has 0 rings (SSSR count). The number of ether oxygens (including phenoxy) is 2. The van der Waals surface area contributed by atoms with Crippen molar-refractivity contribution in [2.75, 3.05) is 33.5 Å². The summed E-state index contributed by atoms with van der Waals surface area (Å²) in [5.41, 5.74) is -0.247. The summed E-state index contributed by atoms with van der Waals surface area (Å²) in [5, 5.41) is 8.43. The van der Waals surface area contributed by atoms with Crippen LogP contribution < -0.4 is 0 Å². The molecular weight excluding hydrogens is 198 g/mol. The molecule has 5 nitrogen and oxygen atoms in total. The summed E-state index contributed by atoms with van der Waals surface area (Å²) in [6.07, 6.45) is -0.366. The minimum Gasteiger partial charge on any atom is -0.447 e. The van der Waals surface area contributed by atoms with Crippen molar-refractivity contribution in [1.82, 2.24) is 4.90 Å². The summed E-state index contributed by atoms with van der Waals surface area (Å²) in [4.78, 5) is 12.9. The Hall–Kier alpha value is -0.810. The number of amides is 1. The molecule has 15 heavy (non-hydrogen) atoms. The fourth-order valence-corrected chi connectivity index (χ4v) is 0.725. The fraction of sp³-hybridized carbons (Fsp3) is 0.900. The molecule has 5 heteroatoms. The van der Waals surface area contributed by atoms with Crippen molar-refractivity contribution in [3.05, 3.63) is 0 Å². The van der Waals surface area contributed by atoms with Gasteiger partial charge in [0.2, 0.25) is 0 Å². The van der Waals surface area contributed by atoms with Crippen molar-refractivity contribution in [3.8, 4) is 0 Å². The Morgan fingerprint density at radius 1 is 1.27 bits per heavy atom. The lowest BCUT2D eigenvalue weighted by atomic mass is 10.1. The third kappa shape index (κ3) is 6.30. The first-order chi connectivity index (χ1) is 6.89. The topological polar surface area (TPSA) is 59.0 Å². The van der Waals surface area contributed by atoms with Crippen LogP contribution in [0.1, 0.15) is 20.8 Å². The molecule has 0 radical (unpaired) electrons. The Labute approximate surface area is 91.0 Å². The van der Waals surface area contributed by atoms with Crippen LogP contribution in [0.15, 0.2) is 0 Å². The number of carbonyl (C=O) groups excluding carboxylic acids is 1. The van der Waals surface area contributed by atoms with Crippen LogP contribution in [0.3, 0.4) is 0 Å². The van der Waals surface area contributed by atoms with Crippen molar-refractivity contribution in [1.29, 1.82) is 0 Å². The van der Waals surface area contributed by atoms with E-state index < -0.39 is 0 Å².